The van der Waals surface area contributed by atoms with Crippen LogP contribution in [0.3, 0.4) is 0 Å². The fourth-order valence-electron chi connectivity index (χ4n) is 7.63. The maximum Gasteiger partial charge on any atom is 0.333 e. The number of carboxylic acid groups (broad SMARTS) is 1. The summed E-state index contributed by atoms with van der Waals surface area (Å²) in [4.78, 5) is 45.9. The Morgan fingerprint density at radius 3 is 2.57 bits per heavy atom. The van der Waals surface area contributed by atoms with Crippen LogP contribution in [-0.4, -0.2) is 38.4 Å². The van der Waals surface area contributed by atoms with Gasteiger partial charge in [-0.15, -0.1) is 11.3 Å². The molecule has 0 saturated heterocycles. The number of oxazole rings is 1. The normalized spacial score (nSPS) is 23.3. The SMILES string of the molecule is COc1ccccc1C(Cn1c(=O)n(C(C)(C)C(=O)O)c(=O)c2c(C)c(-c3ncco3)sc21)OC1C[C@@H]2CC(C)(CC#N)C[C@@H]2C1. The van der Waals surface area contributed by atoms with Crippen molar-refractivity contribution in [3.05, 3.63) is 68.7 Å². The van der Waals surface area contributed by atoms with Gasteiger partial charge in [0.05, 0.1) is 42.3 Å². The summed E-state index contributed by atoms with van der Waals surface area (Å²) < 4.78 is 20.5. The van der Waals surface area contributed by atoms with Gasteiger partial charge in [-0.2, -0.15) is 5.26 Å². The molecule has 0 aliphatic heterocycles. The lowest BCUT2D eigenvalue weighted by atomic mass is 9.83. The maximum absolute atomic E-state index is 14.3. The van der Waals surface area contributed by atoms with Crippen molar-refractivity contribution in [3.8, 4) is 22.6 Å². The second-order valence-electron chi connectivity index (χ2n) is 13.5. The summed E-state index contributed by atoms with van der Waals surface area (Å²) in [6.45, 7) is 6.64. The van der Waals surface area contributed by atoms with Crippen LogP contribution in [0.5, 0.6) is 5.75 Å². The lowest BCUT2D eigenvalue weighted by molar-refractivity contribution is -0.146. The monoisotopic (exact) mass is 646 g/mol. The fraction of sp³-hybridized carbons (Fsp3) is 0.500. The molecule has 242 valence electrons. The summed E-state index contributed by atoms with van der Waals surface area (Å²) in [6.07, 6.45) is 6.41. The smallest absolute Gasteiger partial charge is 0.333 e. The van der Waals surface area contributed by atoms with Gasteiger partial charge in [0.15, 0.2) is 0 Å². The molecule has 46 heavy (non-hydrogen) atoms. The first kappa shape index (κ1) is 31.8. The zero-order valence-corrected chi connectivity index (χ0v) is 27.4. The lowest BCUT2D eigenvalue weighted by Gasteiger charge is -2.28. The number of fused-ring (bicyclic) bond motifs is 2. The second kappa shape index (κ2) is 11.9. The summed E-state index contributed by atoms with van der Waals surface area (Å²) in [7, 11) is 1.58. The van der Waals surface area contributed by atoms with E-state index in [0.29, 0.717) is 45.2 Å². The minimum absolute atomic E-state index is 0.00857. The molecule has 11 nitrogen and oxygen atoms in total. The third-order valence-corrected chi connectivity index (χ3v) is 11.2. The first-order valence-electron chi connectivity index (χ1n) is 15.5. The van der Waals surface area contributed by atoms with Gasteiger partial charge in [-0.05, 0) is 75.3 Å². The molecule has 3 aromatic heterocycles. The van der Waals surface area contributed by atoms with Crippen LogP contribution in [0.4, 0.5) is 0 Å². The van der Waals surface area contributed by atoms with Gasteiger partial charge >= 0.3 is 11.7 Å². The average Bonchev–Trinajstić information content (AvgIpc) is 3.78. The number of para-hydroxylation sites is 1. The molecule has 0 amide bonds. The molecular formula is C34H38N4O7S. The van der Waals surface area contributed by atoms with Gasteiger partial charge in [0.1, 0.15) is 28.5 Å². The number of nitrogens with zero attached hydrogens (tertiary/aromatic N) is 4. The predicted molar refractivity (Wildman–Crippen MR) is 172 cm³/mol. The van der Waals surface area contributed by atoms with Gasteiger partial charge in [-0.25, -0.2) is 19.1 Å². The van der Waals surface area contributed by atoms with Gasteiger partial charge in [0.25, 0.3) is 5.56 Å². The highest BCUT2D eigenvalue weighted by molar-refractivity contribution is 7.22. The first-order valence-corrected chi connectivity index (χ1v) is 16.3. The number of rotatable bonds is 10. The van der Waals surface area contributed by atoms with Crippen molar-refractivity contribution in [3.63, 3.8) is 0 Å². The zero-order chi connectivity index (χ0) is 33.0. The molecule has 12 heteroatoms. The Morgan fingerprint density at radius 2 is 1.96 bits per heavy atom. The predicted octanol–water partition coefficient (Wildman–Crippen LogP) is 5.88. The number of carboxylic acids is 1. The molecule has 3 heterocycles. The maximum atomic E-state index is 14.3. The van der Waals surface area contributed by atoms with Crippen LogP contribution in [0.15, 0.2) is 50.7 Å². The molecule has 3 unspecified atom stereocenters. The van der Waals surface area contributed by atoms with E-state index in [0.717, 1.165) is 35.8 Å². The minimum Gasteiger partial charge on any atom is -0.496 e. The first-order chi connectivity index (χ1) is 21.9. The summed E-state index contributed by atoms with van der Waals surface area (Å²) in [5, 5.41) is 19.7. The molecule has 4 aromatic rings. The van der Waals surface area contributed by atoms with Gasteiger partial charge in [0.2, 0.25) is 5.89 Å². The van der Waals surface area contributed by atoms with Crippen molar-refractivity contribution < 1.29 is 23.8 Å². The molecule has 2 aliphatic rings. The third-order valence-electron chi connectivity index (χ3n) is 9.93. The standard InChI is InChI=1S/C34H38N4O7S/c1-19-26-29(39)38(33(2,3)31(40)41)32(42)37(30(26)46-27(19)28-36-12-13-44-28)18-25(23-8-6-7-9-24(23)43-5)45-22-14-20-16-34(4,10-11-35)17-21(20)15-22/h6-9,12-13,20-22,25H,10,14-18H2,1-5H3,(H,40,41)/t20-,21+,22?,25?,34?. The number of nitriles is 1. The lowest BCUT2D eigenvalue weighted by Crippen LogP contribution is -2.52. The van der Waals surface area contributed by atoms with Crippen LogP contribution in [-0.2, 0) is 21.6 Å². The van der Waals surface area contributed by atoms with E-state index in [4.69, 9.17) is 13.9 Å². The summed E-state index contributed by atoms with van der Waals surface area (Å²) in [5.74, 6) is 0.505. The highest BCUT2D eigenvalue weighted by Crippen LogP contribution is 2.55. The summed E-state index contributed by atoms with van der Waals surface area (Å²) in [6, 6.07) is 9.84. The van der Waals surface area contributed by atoms with E-state index in [-0.39, 0.29) is 23.4 Å². The molecule has 2 aliphatic carbocycles. The Morgan fingerprint density at radius 1 is 1.26 bits per heavy atom. The molecule has 0 spiro atoms. The Kier molecular flexibility index (Phi) is 8.19. The molecule has 2 saturated carbocycles. The number of methoxy groups -OCH3 is 1. The van der Waals surface area contributed by atoms with Gasteiger partial charge < -0.3 is 19.0 Å². The molecule has 0 radical (unpaired) electrons. The van der Waals surface area contributed by atoms with Crippen LogP contribution in [0.25, 0.3) is 21.0 Å². The van der Waals surface area contributed by atoms with Crippen molar-refractivity contribution >= 4 is 27.5 Å². The van der Waals surface area contributed by atoms with Crippen molar-refractivity contribution in [2.45, 2.75) is 84.1 Å². The molecule has 0 bridgehead atoms. The number of carbonyl (C=O) groups is 1. The summed E-state index contributed by atoms with van der Waals surface area (Å²) >= 11 is 1.20. The number of thiophene rings is 1. The van der Waals surface area contributed by atoms with Gasteiger partial charge in [0, 0.05) is 12.0 Å². The largest absolute Gasteiger partial charge is 0.496 e. The summed E-state index contributed by atoms with van der Waals surface area (Å²) in [5.41, 5.74) is -1.94. The fourth-order valence-corrected chi connectivity index (χ4v) is 8.87. The minimum atomic E-state index is -1.83. The third kappa shape index (κ3) is 5.35. The Bertz CT molecular complexity index is 1930. The van der Waals surface area contributed by atoms with Gasteiger partial charge in [-0.3, -0.25) is 9.36 Å². The number of aliphatic carboxylic acids is 1. The van der Waals surface area contributed by atoms with Crippen LogP contribution < -0.4 is 16.0 Å². The molecule has 6 rings (SSSR count). The van der Waals surface area contributed by atoms with Crippen molar-refractivity contribution in [1.82, 2.24) is 14.1 Å². The zero-order valence-electron chi connectivity index (χ0n) is 26.6. The Balaban J connectivity index is 1.47. The van der Waals surface area contributed by atoms with E-state index in [1.807, 2.05) is 24.3 Å². The van der Waals surface area contributed by atoms with Gasteiger partial charge in [-0.1, -0.05) is 25.1 Å². The van der Waals surface area contributed by atoms with E-state index in [2.05, 4.69) is 18.0 Å². The van der Waals surface area contributed by atoms with E-state index in [1.54, 1.807) is 14.0 Å². The van der Waals surface area contributed by atoms with E-state index in [1.165, 1.54) is 42.2 Å². The molecule has 1 aromatic carbocycles. The van der Waals surface area contributed by atoms with Crippen molar-refractivity contribution in [2.24, 2.45) is 17.3 Å². The van der Waals surface area contributed by atoms with E-state index in [9.17, 15) is 24.8 Å². The number of aryl methyl sites for hydroxylation is 1. The topological polar surface area (TPSA) is 150 Å². The number of benzene rings is 1. The molecule has 2 fully saturated rings. The quantitative estimate of drug-likeness (QED) is 0.223. The van der Waals surface area contributed by atoms with E-state index < -0.39 is 28.9 Å². The van der Waals surface area contributed by atoms with Crippen molar-refractivity contribution in [1.29, 1.82) is 5.26 Å². The Hall–Kier alpha value is -4.21. The number of ether oxygens (including phenoxy) is 2. The Labute approximate surface area is 270 Å². The van der Waals surface area contributed by atoms with Crippen molar-refractivity contribution in [2.75, 3.05) is 7.11 Å². The highest BCUT2D eigenvalue weighted by atomic mass is 32.1. The van der Waals surface area contributed by atoms with Crippen LogP contribution in [0.1, 0.15) is 70.1 Å². The molecule has 1 N–H and O–H groups in total. The van der Waals surface area contributed by atoms with Crippen LogP contribution >= 0.6 is 11.3 Å². The number of hydrogen-bond donors (Lipinski definition) is 1. The number of aromatic nitrogens is 3. The van der Waals surface area contributed by atoms with Crippen LogP contribution in [0.2, 0.25) is 0 Å². The molecule has 5 atom stereocenters. The van der Waals surface area contributed by atoms with Crippen LogP contribution in [0, 0.1) is 35.5 Å². The second-order valence-corrected chi connectivity index (χ2v) is 14.5. The average molecular weight is 647 g/mol. The number of hydrogen-bond acceptors (Lipinski definition) is 9. The van der Waals surface area contributed by atoms with E-state index >= 15 is 0 Å². The highest BCUT2D eigenvalue weighted by Gasteiger charge is 2.48. The molecular weight excluding hydrogens is 608 g/mol.